The summed E-state index contributed by atoms with van der Waals surface area (Å²) in [6.07, 6.45) is 0.898. The SMILES string of the molecule is Cl.O=S(=O)(c1cc(Cl)ccc1Cl)N1CCC2CNCC2C1. The molecular formula is C13H17Cl3N2O2S. The molecule has 0 radical (unpaired) electrons. The van der Waals surface area contributed by atoms with Gasteiger partial charge in [0.2, 0.25) is 10.0 Å². The highest BCUT2D eigenvalue weighted by Crippen LogP contribution is 2.33. The fraction of sp³-hybridized carbons (Fsp3) is 0.538. The molecule has 21 heavy (non-hydrogen) atoms. The summed E-state index contributed by atoms with van der Waals surface area (Å²) in [7, 11) is -3.56. The molecule has 1 N–H and O–H groups in total. The monoisotopic (exact) mass is 370 g/mol. The third-order valence-electron chi connectivity index (χ3n) is 4.18. The molecule has 1 aromatic carbocycles. The standard InChI is InChI=1S/C13H16Cl2N2O2S.ClH/c14-11-1-2-12(15)13(5-11)20(18,19)17-4-3-9-6-16-7-10(9)8-17;/h1-2,5,9-10,16H,3-4,6-8H2;1H. The number of piperidine rings is 1. The zero-order valence-corrected chi connectivity index (χ0v) is 14.4. The number of halogens is 3. The van der Waals surface area contributed by atoms with Crippen LogP contribution in [0.3, 0.4) is 0 Å². The van der Waals surface area contributed by atoms with Gasteiger partial charge in [-0.1, -0.05) is 23.2 Å². The van der Waals surface area contributed by atoms with Gasteiger partial charge in [-0.2, -0.15) is 4.31 Å². The lowest BCUT2D eigenvalue weighted by atomic mass is 9.90. The lowest BCUT2D eigenvalue weighted by Crippen LogP contribution is -2.43. The van der Waals surface area contributed by atoms with Gasteiger partial charge >= 0.3 is 0 Å². The number of nitrogens with zero attached hydrogens (tertiary/aromatic N) is 1. The second kappa shape index (κ2) is 6.60. The van der Waals surface area contributed by atoms with Crippen molar-refractivity contribution in [1.82, 2.24) is 9.62 Å². The molecule has 0 amide bonds. The van der Waals surface area contributed by atoms with Crippen molar-refractivity contribution in [3.8, 4) is 0 Å². The molecule has 0 bridgehead atoms. The maximum Gasteiger partial charge on any atom is 0.244 e. The Kier molecular flexibility index (Phi) is 5.45. The van der Waals surface area contributed by atoms with E-state index in [1.54, 1.807) is 10.4 Å². The number of benzene rings is 1. The van der Waals surface area contributed by atoms with Crippen molar-refractivity contribution in [3.05, 3.63) is 28.2 Å². The molecule has 2 heterocycles. The van der Waals surface area contributed by atoms with Crippen molar-refractivity contribution in [2.75, 3.05) is 26.2 Å². The Balaban J connectivity index is 0.00000161. The first kappa shape index (κ1) is 17.3. The molecule has 118 valence electrons. The van der Waals surface area contributed by atoms with Crippen LogP contribution in [0, 0.1) is 11.8 Å². The van der Waals surface area contributed by atoms with Crippen LogP contribution in [0.4, 0.5) is 0 Å². The fourth-order valence-corrected chi connectivity index (χ4v) is 5.28. The number of nitrogens with one attached hydrogen (secondary N) is 1. The van der Waals surface area contributed by atoms with Crippen molar-refractivity contribution in [2.24, 2.45) is 11.8 Å². The smallest absolute Gasteiger partial charge is 0.244 e. The Morgan fingerprint density at radius 1 is 1.19 bits per heavy atom. The summed E-state index contributed by atoms with van der Waals surface area (Å²) in [6.45, 7) is 2.99. The first-order chi connectivity index (χ1) is 9.48. The lowest BCUT2D eigenvalue weighted by Gasteiger charge is -2.33. The Hall–Kier alpha value is -0.0400. The molecule has 2 aliphatic heterocycles. The summed E-state index contributed by atoms with van der Waals surface area (Å²) in [5, 5.41) is 3.93. The van der Waals surface area contributed by atoms with Crippen molar-refractivity contribution < 1.29 is 8.42 Å². The van der Waals surface area contributed by atoms with E-state index >= 15 is 0 Å². The number of hydrogen-bond acceptors (Lipinski definition) is 3. The van der Waals surface area contributed by atoms with Crippen LogP contribution in [0.15, 0.2) is 23.1 Å². The molecule has 3 rings (SSSR count). The summed E-state index contributed by atoms with van der Waals surface area (Å²) in [5.41, 5.74) is 0. The van der Waals surface area contributed by atoms with E-state index in [1.165, 1.54) is 12.1 Å². The van der Waals surface area contributed by atoms with Crippen molar-refractivity contribution in [3.63, 3.8) is 0 Å². The number of hydrogen-bond donors (Lipinski definition) is 1. The topological polar surface area (TPSA) is 49.4 Å². The van der Waals surface area contributed by atoms with Crippen LogP contribution in [0.25, 0.3) is 0 Å². The van der Waals surface area contributed by atoms with Gasteiger partial charge in [0.25, 0.3) is 0 Å². The van der Waals surface area contributed by atoms with Gasteiger partial charge in [0.1, 0.15) is 4.90 Å². The first-order valence-electron chi connectivity index (χ1n) is 6.64. The van der Waals surface area contributed by atoms with Gasteiger partial charge in [0, 0.05) is 18.1 Å². The second-order valence-corrected chi connectivity index (χ2v) is 8.15. The van der Waals surface area contributed by atoms with Crippen molar-refractivity contribution >= 4 is 45.6 Å². The third kappa shape index (κ3) is 3.33. The van der Waals surface area contributed by atoms with E-state index in [-0.39, 0.29) is 22.3 Å². The van der Waals surface area contributed by atoms with Gasteiger partial charge in [0.05, 0.1) is 5.02 Å². The highest BCUT2D eigenvalue weighted by atomic mass is 35.5. The van der Waals surface area contributed by atoms with Crippen LogP contribution in [-0.2, 0) is 10.0 Å². The quantitative estimate of drug-likeness (QED) is 0.869. The van der Waals surface area contributed by atoms with Gasteiger partial charge in [-0.15, -0.1) is 12.4 Å². The predicted molar refractivity (Wildman–Crippen MR) is 86.9 cm³/mol. The maximum atomic E-state index is 12.7. The van der Waals surface area contributed by atoms with Crippen LogP contribution >= 0.6 is 35.6 Å². The van der Waals surface area contributed by atoms with Gasteiger partial charge in [-0.05, 0) is 49.5 Å². The second-order valence-electron chi connectivity index (χ2n) is 5.40. The molecule has 0 aliphatic carbocycles. The molecule has 4 nitrogen and oxygen atoms in total. The zero-order valence-electron chi connectivity index (χ0n) is 11.3. The minimum atomic E-state index is -3.56. The van der Waals surface area contributed by atoms with Gasteiger partial charge in [0.15, 0.2) is 0 Å². The number of rotatable bonds is 2. The zero-order chi connectivity index (χ0) is 14.3. The molecule has 2 unspecified atom stereocenters. The normalized spacial score (nSPS) is 26.2. The molecular weight excluding hydrogens is 355 g/mol. The highest BCUT2D eigenvalue weighted by molar-refractivity contribution is 7.89. The predicted octanol–water partition coefficient (Wildman–Crippen LogP) is 2.65. The lowest BCUT2D eigenvalue weighted by molar-refractivity contribution is 0.228. The van der Waals surface area contributed by atoms with Crippen LogP contribution < -0.4 is 5.32 Å². The number of sulfonamides is 1. The van der Waals surface area contributed by atoms with Crippen LogP contribution in [0.5, 0.6) is 0 Å². The highest BCUT2D eigenvalue weighted by Gasteiger charge is 2.38. The molecule has 0 spiro atoms. The first-order valence-corrected chi connectivity index (χ1v) is 8.84. The van der Waals surface area contributed by atoms with Crippen LogP contribution in [0.2, 0.25) is 10.0 Å². The van der Waals surface area contributed by atoms with Crippen LogP contribution in [-0.4, -0.2) is 38.9 Å². The molecule has 2 aliphatic rings. The van der Waals surface area contributed by atoms with E-state index in [1.807, 2.05) is 0 Å². The van der Waals surface area contributed by atoms with Crippen molar-refractivity contribution in [2.45, 2.75) is 11.3 Å². The van der Waals surface area contributed by atoms with E-state index in [9.17, 15) is 8.42 Å². The largest absolute Gasteiger partial charge is 0.316 e. The van der Waals surface area contributed by atoms with E-state index in [4.69, 9.17) is 23.2 Å². The van der Waals surface area contributed by atoms with E-state index < -0.39 is 10.0 Å². The molecule has 2 atom stereocenters. The van der Waals surface area contributed by atoms with E-state index in [2.05, 4.69) is 5.32 Å². The average Bonchev–Trinajstić information content (AvgIpc) is 2.88. The van der Waals surface area contributed by atoms with Crippen molar-refractivity contribution in [1.29, 1.82) is 0 Å². The molecule has 0 saturated carbocycles. The summed E-state index contributed by atoms with van der Waals surface area (Å²) >= 11 is 11.9. The van der Waals surface area contributed by atoms with E-state index in [0.717, 1.165) is 19.5 Å². The third-order valence-corrected chi connectivity index (χ3v) is 6.76. The minimum absolute atomic E-state index is 0. The average molecular weight is 372 g/mol. The van der Waals surface area contributed by atoms with Gasteiger partial charge in [-0.3, -0.25) is 0 Å². The summed E-state index contributed by atoms with van der Waals surface area (Å²) in [4.78, 5) is 0.107. The molecule has 2 saturated heterocycles. The van der Waals surface area contributed by atoms with Gasteiger partial charge < -0.3 is 5.32 Å². The molecule has 1 aromatic rings. The molecule has 2 fully saturated rings. The Bertz CT molecular complexity index is 624. The fourth-order valence-electron chi connectivity index (χ4n) is 3.03. The van der Waals surface area contributed by atoms with Gasteiger partial charge in [-0.25, -0.2) is 8.42 Å². The summed E-state index contributed by atoms with van der Waals surface area (Å²) in [6, 6.07) is 4.55. The minimum Gasteiger partial charge on any atom is -0.316 e. The van der Waals surface area contributed by atoms with Crippen LogP contribution in [0.1, 0.15) is 6.42 Å². The maximum absolute atomic E-state index is 12.7. The van der Waals surface area contributed by atoms with E-state index in [0.29, 0.717) is 29.9 Å². The Labute approximate surface area is 141 Å². The molecule has 0 aromatic heterocycles. The number of fused-ring (bicyclic) bond motifs is 1. The summed E-state index contributed by atoms with van der Waals surface area (Å²) in [5.74, 6) is 0.993. The summed E-state index contributed by atoms with van der Waals surface area (Å²) < 4.78 is 27.0. The Morgan fingerprint density at radius 2 is 1.90 bits per heavy atom. The Morgan fingerprint density at radius 3 is 2.67 bits per heavy atom. The molecule has 8 heteroatoms.